The van der Waals surface area contributed by atoms with E-state index in [2.05, 4.69) is 10.3 Å². The number of fused-ring (bicyclic) bond motifs is 1. The summed E-state index contributed by atoms with van der Waals surface area (Å²) < 4.78 is 0. The molecule has 1 aromatic heterocycles. The number of rotatable bonds is 8. The van der Waals surface area contributed by atoms with Crippen LogP contribution >= 0.6 is 0 Å². The van der Waals surface area contributed by atoms with Gasteiger partial charge in [0.2, 0.25) is 18.2 Å². The quantitative estimate of drug-likeness (QED) is 0.354. The predicted molar refractivity (Wildman–Crippen MR) is 123 cm³/mol. The highest BCUT2D eigenvalue weighted by Gasteiger charge is 2.49. The Bertz CT molecular complexity index is 839. The van der Waals surface area contributed by atoms with E-state index in [1.807, 2.05) is 17.9 Å². The van der Waals surface area contributed by atoms with E-state index in [1.54, 1.807) is 12.3 Å². The first kappa shape index (κ1) is 23.7. The Labute approximate surface area is 195 Å². The molecule has 33 heavy (non-hydrogen) atoms. The Balaban J connectivity index is 1.56. The minimum absolute atomic E-state index is 0.0272. The maximum atomic E-state index is 13.9. The van der Waals surface area contributed by atoms with Gasteiger partial charge >= 0.3 is 0 Å². The second kappa shape index (κ2) is 10.6. The van der Waals surface area contributed by atoms with Gasteiger partial charge in [0.15, 0.2) is 0 Å². The lowest BCUT2D eigenvalue weighted by atomic mass is 9.84. The topological polar surface area (TPSA) is 103 Å². The molecule has 2 heterocycles. The van der Waals surface area contributed by atoms with Crippen molar-refractivity contribution in [3.05, 3.63) is 23.9 Å². The average molecular weight is 457 g/mol. The molecule has 2 N–H and O–H groups in total. The largest absolute Gasteiger partial charge is 0.327 e. The standard InChI is InChI=1S/C25H36N4O4/c1-17-10-11-23(26-14-17)27-24(31)22-13-19-8-4-5-9-21(19)29(22)25(32)20(15-28(33)16-30)12-18-6-2-3-7-18/h10-11,14,16,18-22,33H,2-9,12-13,15H2,1H3,(H,26,27,31)/t19-,20-,21+,22+/m1/s1. The third-order valence-electron chi connectivity index (χ3n) is 7.78. The lowest BCUT2D eigenvalue weighted by Gasteiger charge is -2.36. The summed E-state index contributed by atoms with van der Waals surface area (Å²) in [6.45, 7) is 1.91. The first-order valence-corrected chi connectivity index (χ1v) is 12.4. The van der Waals surface area contributed by atoms with Crippen LogP contribution in [0.5, 0.6) is 0 Å². The molecule has 180 valence electrons. The molecule has 0 radical (unpaired) electrons. The number of hydrogen-bond donors (Lipinski definition) is 2. The van der Waals surface area contributed by atoms with Crippen LogP contribution in [0.15, 0.2) is 18.3 Å². The number of likely N-dealkylation sites (tertiary alicyclic amines) is 1. The fourth-order valence-corrected chi connectivity index (χ4v) is 6.14. The van der Waals surface area contributed by atoms with Crippen LogP contribution in [0.25, 0.3) is 0 Å². The van der Waals surface area contributed by atoms with Crippen molar-refractivity contribution in [2.24, 2.45) is 17.8 Å². The minimum atomic E-state index is -0.553. The van der Waals surface area contributed by atoms with Gasteiger partial charge < -0.3 is 10.2 Å². The van der Waals surface area contributed by atoms with E-state index in [4.69, 9.17) is 0 Å². The predicted octanol–water partition coefficient (Wildman–Crippen LogP) is 3.53. The summed E-state index contributed by atoms with van der Waals surface area (Å²) in [6.07, 6.45) is 11.9. The summed E-state index contributed by atoms with van der Waals surface area (Å²) in [5.41, 5.74) is 1.01. The van der Waals surface area contributed by atoms with Crippen LogP contribution in [0.3, 0.4) is 0 Å². The first-order chi connectivity index (χ1) is 16.0. The van der Waals surface area contributed by atoms with E-state index in [0.29, 0.717) is 42.0 Å². The SMILES string of the molecule is Cc1ccc(NC(=O)[C@@H]2C[C@H]3CCCC[C@@H]3N2C(=O)[C@H](CC2CCCC2)CN(O)C=O)nc1. The van der Waals surface area contributed by atoms with Crippen molar-refractivity contribution in [3.63, 3.8) is 0 Å². The molecule has 1 saturated heterocycles. The summed E-state index contributed by atoms with van der Waals surface area (Å²) in [5, 5.41) is 13.4. The molecule has 0 unspecified atom stereocenters. The molecule has 4 atom stereocenters. The van der Waals surface area contributed by atoms with Crippen LogP contribution in [0.1, 0.15) is 69.8 Å². The van der Waals surface area contributed by atoms with Crippen molar-refractivity contribution in [3.8, 4) is 0 Å². The number of hydrogen-bond acceptors (Lipinski definition) is 5. The van der Waals surface area contributed by atoms with Gasteiger partial charge in [-0.15, -0.1) is 0 Å². The maximum Gasteiger partial charge on any atom is 0.248 e. The van der Waals surface area contributed by atoms with E-state index >= 15 is 0 Å². The molecular formula is C25H36N4O4. The van der Waals surface area contributed by atoms with Crippen molar-refractivity contribution >= 4 is 24.0 Å². The highest BCUT2D eigenvalue weighted by molar-refractivity contribution is 5.97. The van der Waals surface area contributed by atoms with E-state index in [-0.39, 0.29) is 24.4 Å². The van der Waals surface area contributed by atoms with Gasteiger partial charge in [0.05, 0.1) is 12.5 Å². The van der Waals surface area contributed by atoms with Crippen LogP contribution in [0, 0.1) is 24.7 Å². The van der Waals surface area contributed by atoms with Gasteiger partial charge in [0.25, 0.3) is 0 Å². The fraction of sp³-hybridized carbons (Fsp3) is 0.680. The summed E-state index contributed by atoms with van der Waals surface area (Å²) >= 11 is 0. The molecule has 1 aromatic rings. The fourth-order valence-electron chi connectivity index (χ4n) is 6.14. The average Bonchev–Trinajstić information content (AvgIpc) is 3.47. The molecule has 1 aliphatic heterocycles. The second-order valence-electron chi connectivity index (χ2n) is 10.1. The molecular weight excluding hydrogens is 420 g/mol. The lowest BCUT2D eigenvalue weighted by molar-refractivity contribution is -0.159. The summed E-state index contributed by atoms with van der Waals surface area (Å²) in [7, 11) is 0. The lowest BCUT2D eigenvalue weighted by Crippen LogP contribution is -2.51. The number of pyridine rings is 1. The molecule has 0 spiro atoms. The molecule has 8 nitrogen and oxygen atoms in total. The Morgan fingerprint density at radius 1 is 1.21 bits per heavy atom. The summed E-state index contributed by atoms with van der Waals surface area (Å²) in [4.78, 5) is 44.5. The van der Waals surface area contributed by atoms with Crippen molar-refractivity contribution in [2.75, 3.05) is 11.9 Å². The normalized spacial score (nSPS) is 26.0. The Hall–Kier alpha value is -2.48. The molecule has 4 rings (SSSR count). The van der Waals surface area contributed by atoms with Crippen LogP contribution in [-0.2, 0) is 14.4 Å². The van der Waals surface area contributed by atoms with E-state index in [0.717, 1.165) is 56.9 Å². The molecule has 0 aromatic carbocycles. The van der Waals surface area contributed by atoms with Gasteiger partial charge in [-0.3, -0.25) is 19.6 Å². The second-order valence-corrected chi connectivity index (χ2v) is 10.1. The Kier molecular flexibility index (Phi) is 7.63. The Morgan fingerprint density at radius 3 is 2.64 bits per heavy atom. The zero-order valence-electron chi connectivity index (χ0n) is 19.5. The molecule has 8 heteroatoms. The number of aromatic nitrogens is 1. The monoisotopic (exact) mass is 456 g/mol. The van der Waals surface area contributed by atoms with Crippen molar-refractivity contribution in [2.45, 2.75) is 83.2 Å². The van der Waals surface area contributed by atoms with Crippen molar-refractivity contribution in [1.82, 2.24) is 14.9 Å². The smallest absolute Gasteiger partial charge is 0.248 e. The zero-order chi connectivity index (χ0) is 23.4. The summed E-state index contributed by atoms with van der Waals surface area (Å²) in [6, 6.07) is 3.16. The first-order valence-electron chi connectivity index (χ1n) is 12.4. The van der Waals surface area contributed by atoms with Crippen LogP contribution in [0.4, 0.5) is 5.82 Å². The number of amides is 3. The third kappa shape index (κ3) is 5.54. The number of nitrogens with one attached hydrogen (secondary N) is 1. The highest BCUT2D eigenvalue weighted by Crippen LogP contribution is 2.42. The zero-order valence-corrected chi connectivity index (χ0v) is 19.5. The Morgan fingerprint density at radius 2 is 1.94 bits per heavy atom. The molecule has 2 aliphatic carbocycles. The number of aryl methyl sites for hydroxylation is 1. The van der Waals surface area contributed by atoms with Gasteiger partial charge in [0.1, 0.15) is 11.9 Å². The number of carbonyl (C=O) groups excluding carboxylic acids is 3. The molecule has 3 fully saturated rings. The van der Waals surface area contributed by atoms with Crippen LogP contribution in [0.2, 0.25) is 0 Å². The van der Waals surface area contributed by atoms with Gasteiger partial charge in [-0.05, 0) is 56.1 Å². The third-order valence-corrected chi connectivity index (χ3v) is 7.78. The van der Waals surface area contributed by atoms with E-state index < -0.39 is 12.0 Å². The molecule has 2 saturated carbocycles. The summed E-state index contributed by atoms with van der Waals surface area (Å²) in [5.74, 6) is 0.412. The van der Waals surface area contributed by atoms with E-state index in [1.165, 1.54) is 0 Å². The number of nitrogens with zero attached hydrogens (tertiary/aromatic N) is 3. The van der Waals surface area contributed by atoms with Gasteiger partial charge in [0, 0.05) is 12.2 Å². The maximum absolute atomic E-state index is 13.9. The highest BCUT2D eigenvalue weighted by atomic mass is 16.5. The van der Waals surface area contributed by atoms with Gasteiger partial charge in [-0.2, -0.15) is 0 Å². The van der Waals surface area contributed by atoms with Crippen LogP contribution in [-0.4, -0.2) is 57.0 Å². The molecule has 3 amide bonds. The van der Waals surface area contributed by atoms with Crippen molar-refractivity contribution < 1.29 is 19.6 Å². The van der Waals surface area contributed by atoms with Gasteiger partial charge in [-0.25, -0.2) is 10.0 Å². The van der Waals surface area contributed by atoms with Crippen LogP contribution < -0.4 is 5.32 Å². The minimum Gasteiger partial charge on any atom is -0.327 e. The number of hydroxylamine groups is 2. The molecule has 0 bridgehead atoms. The number of carbonyl (C=O) groups is 3. The number of anilines is 1. The molecule has 3 aliphatic rings. The van der Waals surface area contributed by atoms with E-state index in [9.17, 15) is 19.6 Å². The van der Waals surface area contributed by atoms with Gasteiger partial charge in [-0.1, -0.05) is 44.6 Å². The van der Waals surface area contributed by atoms with Crippen molar-refractivity contribution in [1.29, 1.82) is 0 Å².